The number of carboxylic acid groups (broad SMARTS) is 1. The van der Waals surface area contributed by atoms with Gasteiger partial charge in [0, 0.05) is 19.3 Å². The molecule has 0 aliphatic carbocycles. The van der Waals surface area contributed by atoms with Crippen molar-refractivity contribution < 1.29 is 19.4 Å². The minimum Gasteiger partial charge on any atom is -0.478 e. The van der Waals surface area contributed by atoms with Crippen LogP contribution in [0.1, 0.15) is 36.0 Å². The Morgan fingerprint density at radius 3 is 2.72 bits per heavy atom. The molecule has 0 atom stereocenters. The van der Waals surface area contributed by atoms with E-state index >= 15 is 0 Å². The number of anilines is 1. The van der Waals surface area contributed by atoms with Crippen molar-refractivity contribution in [2.24, 2.45) is 0 Å². The molecule has 18 heavy (non-hydrogen) atoms. The van der Waals surface area contributed by atoms with Crippen LogP contribution >= 0.6 is 0 Å². The smallest absolute Gasteiger partial charge is 0.338 e. The molecular formula is C12H17FN2O3. The minimum absolute atomic E-state index is 0.0305. The fourth-order valence-corrected chi connectivity index (χ4v) is 1.53. The maximum Gasteiger partial charge on any atom is 0.338 e. The second kappa shape index (κ2) is 7.60. The number of carbonyl (C=O) groups is 1. The topological polar surface area (TPSA) is 82.5 Å². The fraction of sp³-hybridized carbons (Fsp3) is 0.500. The van der Waals surface area contributed by atoms with Gasteiger partial charge in [0.05, 0.1) is 0 Å². The van der Waals surface area contributed by atoms with Crippen molar-refractivity contribution in [2.45, 2.75) is 25.7 Å². The summed E-state index contributed by atoms with van der Waals surface area (Å²) in [6, 6.07) is 1.13. The van der Waals surface area contributed by atoms with E-state index in [-0.39, 0.29) is 18.0 Å². The summed E-state index contributed by atoms with van der Waals surface area (Å²) in [5.74, 6) is -2.17. The van der Waals surface area contributed by atoms with Gasteiger partial charge < -0.3 is 15.5 Å². The monoisotopic (exact) mass is 256 g/mol. The molecule has 0 unspecified atom stereocenters. The average Bonchev–Trinajstić information content (AvgIpc) is 2.35. The molecule has 1 aromatic heterocycles. The zero-order valence-electron chi connectivity index (χ0n) is 10.0. The van der Waals surface area contributed by atoms with Gasteiger partial charge in [-0.05, 0) is 18.9 Å². The lowest BCUT2D eigenvalue weighted by molar-refractivity contribution is 0.0692. The highest BCUT2D eigenvalue weighted by molar-refractivity contribution is 5.88. The van der Waals surface area contributed by atoms with Crippen LogP contribution in [-0.2, 0) is 0 Å². The van der Waals surface area contributed by atoms with Crippen LogP contribution in [0.5, 0.6) is 0 Å². The summed E-state index contributed by atoms with van der Waals surface area (Å²) in [6.45, 7) is 0.711. The maximum absolute atomic E-state index is 13.6. The highest BCUT2D eigenvalue weighted by atomic mass is 19.1. The van der Waals surface area contributed by atoms with Crippen molar-refractivity contribution >= 4 is 11.8 Å². The molecule has 0 aromatic carbocycles. The molecule has 0 radical (unpaired) electrons. The molecule has 5 nitrogen and oxygen atoms in total. The van der Waals surface area contributed by atoms with Gasteiger partial charge in [-0.15, -0.1) is 0 Å². The first-order chi connectivity index (χ1) is 8.66. The predicted molar refractivity (Wildman–Crippen MR) is 65.2 cm³/mol. The lowest BCUT2D eigenvalue weighted by Crippen LogP contribution is -2.09. The van der Waals surface area contributed by atoms with E-state index in [0.29, 0.717) is 6.54 Å². The summed E-state index contributed by atoms with van der Waals surface area (Å²) in [5.41, 5.74) is -0.382. The van der Waals surface area contributed by atoms with Gasteiger partial charge in [0.15, 0.2) is 11.6 Å². The van der Waals surface area contributed by atoms with Gasteiger partial charge >= 0.3 is 5.97 Å². The number of aliphatic hydroxyl groups is 1. The van der Waals surface area contributed by atoms with Crippen molar-refractivity contribution in [3.63, 3.8) is 0 Å². The number of aliphatic hydroxyl groups excluding tert-OH is 1. The number of carboxylic acids is 1. The van der Waals surface area contributed by atoms with Crippen molar-refractivity contribution in [3.8, 4) is 0 Å². The van der Waals surface area contributed by atoms with E-state index in [1.54, 1.807) is 0 Å². The summed E-state index contributed by atoms with van der Waals surface area (Å²) in [5, 5.41) is 20.1. The Labute approximate surface area is 105 Å². The standard InChI is InChI=1S/C12H17FN2O3/c13-10-9(12(17)18)5-7-15-11(10)14-6-3-1-2-4-8-16/h5,7,16H,1-4,6,8H2,(H,14,15)(H,17,18). The Kier molecular flexibility index (Phi) is 6.07. The van der Waals surface area contributed by atoms with E-state index < -0.39 is 11.8 Å². The zero-order valence-corrected chi connectivity index (χ0v) is 10.0. The number of rotatable bonds is 8. The molecule has 3 N–H and O–H groups in total. The highest BCUT2D eigenvalue weighted by Gasteiger charge is 2.14. The van der Waals surface area contributed by atoms with Gasteiger partial charge in [0.2, 0.25) is 0 Å². The van der Waals surface area contributed by atoms with E-state index in [1.807, 2.05) is 0 Å². The molecule has 6 heteroatoms. The molecule has 1 heterocycles. The maximum atomic E-state index is 13.6. The molecule has 1 rings (SSSR count). The predicted octanol–water partition coefficient (Wildman–Crippen LogP) is 1.88. The number of unbranched alkanes of at least 4 members (excludes halogenated alkanes) is 3. The summed E-state index contributed by atoms with van der Waals surface area (Å²) in [7, 11) is 0. The summed E-state index contributed by atoms with van der Waals surface area (Å²) in [4.78, 5) is 14.5. The third-order valence-electron chi connectivity index (χ3n) is 2.50. The van der Waals surface area contributed by atoms with Gasteiger partial charge in [-0.25, -0.2) is 14.2 Å². The van der Waals surface area contributed by atoms with E-state index in [9.17, 15) is 9.18 Å². The number of nitrogens with one attached hydrogen (secondary N) is 1. The fourth-order valence-electron chi connectivity index (χ4n) is 1.53. The molecule has 100 valence electrons. The molecule has 1 aromatic rings. The van der Waals surface area contributed by atoms with Gasteiger partial charge in [-0.2, -0.15) is 0 Å². The molecule has 0 bridgehead atoms. The number of nitrogens with zero attached hydrogens (tertiary/aromatic N) is 1. The second-order valence-corrected chi connectivity index (χ2v) is 3.89. The second-order valence-electron chi connectivity index (χ2n) is 3.89. The van der Waals surface area contributed by atoms with Crippen LogP contribution in [0.25, 0.3) is 0 Å². The summed E-state index contributed by atoms with van der Waals surface area (Å²) in [6.07, 6.45) is 4.69. The molecule has 0 spiro atoms. The number of aromatic carboxylic acids is 1. The molecule has 0 saturated carbocycles. The molecule has 0 amide bonds. The van der Waals surface area contributed by atoms with Crippen LogP contribution in [0.4, 0.5) is 10.2 Å². The van der Waals surface area contributed by atoms with Crippen molar-refractivity contribution in [3.05, 3.63) is 23.6 Å². The van der Waals surface area contributed by atoms with E-state index in [2.05, 4.69) is 10.3 Å². The van der Waals surface area contributed by atoms with Crippen molar-refractivity contribution in [2.75, 3.05) is 18.5 Å². The lowest BCUT2D eigenvalue weighted by atomic mass is 10.2. The molecule has 0 aliphatic rings. The van der Waals surface area contributed by atoms with Crippen LogP contribution in [-0.4, -0.2) is 34.3 Å². The molecule has 0 fully saturated rings. The highest BCUT2D eigenvalue weighted by Crippen LogP contribution is 2.15. The van der Waals surface area contributed by atoms with E-state index in [1.165, 1.54) is 6.20 Å². The average molecular weight is 256 g/mol. The van der Waals surface area contributed by atoms with Crippen LogP contribution < -0.4 is 5.32 Å². The first-order valence-corrected chi connectivity index (χ1v) is 5.89. The molecular weight excluding hydrogens is 239 g/mol. The van der Waals surface area contributed by atoms with Crippen molar-refractivity contribution in [1.82, 2.24) is 4.98 Å². The molecule has 0 saturated heterocycles. The number of halogens is 1. The first-order valence-electron chi connectivity index (χ1n) is 5.89. The first kappa shape index (κ1) is 14.4. The Balaban J connectivity index is 2.43. The lowest BCUT2D eigenvalue weighted by Gasteiger charge is -2.07. The number of hydrogen-bond donors (Lipinski definition) is 3. The summed E-state index contributed by atoms with van der Waals surface area (Å²) >= 11 is 0. The largest absolute Gasteiger partial charge is 0.478 e. The quantitative estimate of drug-likeness (QED) is 0.619. The Hall–Kier alpha value is -1.69. The SMILES string of the molecule is O=C(O)c1ccnc(NCCCCCCO)c1F. The minimum atomic E-state index is -1.30. The Morgan fingerprint density at radius 1 is 1.33 bits per heavy atom. The van der Waals surface area contributed by atoms with Crippen LogP contribution in [0.15, 0.2) is 12.3 Å². The van der Waals surface area contributed by atoms with Gasteiger partial charge in [-0.1, -0.05) is 12.8 Å². The number of hydrogen-bond acceptors (Lipinski definition) is 4. The van der Waals surface area contributed by atoms with Crippen molar-refractivity contribution in [1.29, 1.82) is 0 Å². The van der Waals surface area contributed by atoms with Gasteiger partial charge in [0.25, 0.3) is 0 Å². The van der Waals surface area contributed by atoms with E-state index in [0.717, 1.165) is 31.7 Å². The van der Waals surface area contributed by atoms with E-state index in [4.69, 9.17) is 10.2 Å². The van der Waals surface area contributed by atoms with Gasteiger partial charge in [-0.3, -0.25) is 0 Å². The van der Waals surface area contributed by atoms with Crippen LogP contribution in [0.2, 0.25) is 0 Å². The third-order valence-corrected chi connectivity index (χ3v) is 2.50. The zero-order chi connectivity index (χ0) is 13.4. The summed E-state index contributed by atoms with van der Waals surface area (Å²) < 4.78 is 13.6. The number of aromatic nitrogens is 1. The van der Waals surface area contributed by atoms with Crippen LogP contribution in [0.3, 0.4) is 0 Å². The normalized spacial score (nSPS) is 10.3. The van der Waals surface area contributed by atoms with Gasteiger partial charge in [0.1, 0.15) is 5.56 Å². The Bertz CT molecular complexity index is 399. The molecule has 0 aliphatic heterocycles. The Morgan fingerprint density at radius 2 is 2.06 bits per heavy atom. The number of pyridine rings is 1. The third kappa shape index (κ3) is 4.29. The van der Waals surface area contributed by atoms with Crippen LogP contribution in [0, 0.1) is 5.82 Å².